The van der Waals surface area contributed by atoms with Crippen LogP contribution < -0.4 is 13.8 Å². The van der Waals surface area contributed by atoms with Crippen molar-refractivity contribution in [2.75, 3.05) is 18.5 Å². The van der Waals surface area contributed by atoms with Crippen LogP contribution in [0.15, 0.2) is 40.9 Å². The normalized spacial score (nSPS) is 15.3. The van der Waals surface area contributed by atoms with Crippen LogP contribution in [-0.2, 0) is 22.3 Å². The van der Waals surface area contributed by atoms with Crippen molar-refractivity contribution in [3.8, 4) is 11.5 Å². The molecule has 0 amide bonds. The first-order valence-corrected chi connectivity index (χ1v) is 9.35. The Bertz CT molecular complexity index is 851. The zero-order valence-electron chi connectivity index (χ0n) is 12.7. The van der Waals surface area contributed by atoms with Crippen molar-refractivity contribution in [3.05, 3.63) is 52.0 Å². The van der Waals surface area contributed by atoms with Gasteiger partial charge in [0.1, 0.15) is 11.5 Å². The Kier molecular flexibility index (Phi) is 4.25. The number of fused-ring (bicyclic) bond motifs is 1. The van der Waals surface area contributed by atoms with E-state index in [0.717, 1.165) is 15.6 Å². The number of ether oxygens (including phenoxy) is 2. The summed E-state index contributed by atoms with van der Waals surface area (Å²) in [6.07, 6.45) is 0. The van der Waals surface area contributed by atoms with E-state index in [2.05, 4.69) is 15.9 Å². The molecule has 5 nitrogen and oxygen atoms in total. The van der Waals surface area contributed by atoms with E-state index in [1.54, 1.807) is 26.4 Å². The van der Waals surface area contributed by atoms with Gasteiger partial charge in [-0.25, -0.2) is 8.42 Å². The first-order valence-electron chi connectivity index (χ1n) is 6.95. The van der Waals surface area contributed by atoms with Crippen LogP contribution in [-0.4, -0.2) is 22.6 Å². The van der Waals surface area contributed by atoms with Gasteiger partial charge in [0.25, 0.3) is 0 Å². The third-order valence-corrected chi connectivity index (χ3v) is 6.23. The molecule has 0 spiro atoms. The predicted molar refractivity (Wildman–Crippen MR) is 92.5 cm³/mol. The molecule has 1 heterocycles. The van der Waals surface area contributed by atoms with E-state index in [4.69, 9.17) is 9.47 Å². The van der Waals surface area contributed by atoms with Crippen LogP contribution in [0.1, 0.15) is 11.1 Å². The van der Waals surface area contributed by atoms with Gasteiger partial charge in [-0.1, -0.05) is 22.0 Å². The Morgan fingerprint density at radius 1 is 1.17 bits per heavy atom. The first kappa shape index (κ1) is 16.1. The van der Waals surface area contributed by atoms with Crippen molar-refractivity contribution in [2.24, 2.45) is 0 Å². The SMILES string of the molecule is COc1ccc(CN2c3cccc(Br)c3CS2(=O)=O)c(OC)c1. The Morgan fingerprint density at radius 2 is 1.96 bits per heavy atom. The zero-order chi connectivity index (χ0) is 16.6. The number of hydrogen-bond acceptors (Lipinski definition) is 4. The lowest BCUT2D eigenvalue weighted by atomic mass is 10.1. The summed E-state index contributed by atoms with van der Waals surface area (Å²) in [5.74, 6) is 1.27. The molecule has 1 aliphatic rings. The van der Waals surface area contributed by atoms with Gasteiger partial charge in [0, 0.05) is 21.7 Å². The molecular formula is C16H16BrNO4S. The second-order valence-electron chi connectivity index (χ2n) is 5.18. The van der Waals surface area contributed by atoms with E-state index in [1.807, 2.05) is 24.3 Å². The smallest absolute Gasteiger partial charge is 0.239 e. The van der Waals surface area contributed by atoms with Crippen molar-refractivity contribution < 1.29 is 17.9 Å². The highest BCUT2D eigenvalue weighted by atomic mass is 79.9. The van der Waals surface area contributed by atoms with E-state index >= 15 is 0 Å². The fraction of sp³-hybridized carbons (Fsp3) is 0.250. The second kappa shape index (κ2) is 6.05. The molecule has 2 aromatic carbocycles. The standard InChI is InChI=1S/C16H16BrNO4S/c1-21-12-7-6-11(16(8-12)22-2)9-18-15-5-3-4-14(17)13(15)10-23(18,19)20/h3-8H,9-10H2,1-2H3. The first-order chi connectivity index (χ1) is 11.0. The number of nitrogens with zero attached hydrogens (tertiary/aromatic N) is 1. The summed E-state index contributed by atoms with van der Waals surface area (Å²) in [5, 5.41) is 0. The molecule has 0 aliphatic carbocycles. The lowest BCUT2D eigenvalue weighted by Gasteiger charge is -2.20. The maximum atomic E-state index is 12.5. The van der Waals surface area contributed by atoms with Crippen molar-refractivity contribution >= 4 is 31.6 Å². The summed E-state index contributed by atoms with van der Waals surface area (Å²) in [5.41, 5.74) is 2.28. The minimum atomic E-state index is -3.39. The van der Waals surface area contributed by atoms with Gasteiger partial charge < -0.3 is 9.47 Å². The molecule has 0 atom stereocenters. The van der Waals surface area contributed by atoms with Crippen molar-refractivity contribution in [2.45, 2.75) is 12.3 Å². The summed E-state index contributed by atoms with van der Waals surface area (Å²) < 4.78 is 37.9. The molecule has 0 radical (unpaired) electrons. The number of anilines is 1. The highest BCUT2D eigenvalue weighted by Gasteiger charge is 2.34. The summed E-state index contributed by atoms with van der Waals surface area (Å²) in [4.78, 5) is 0. The van der Waals surface area contributed by atoms with E-state index in [0.29, 0.717) is 17.2 Å². The van der Waals surface area contributed by atoms with Crippen LogP contribution in [0.3, 0.4) is 0 Å². The van der Waals surface area contributed by atoms with Gasteiger partial charge in [-0.15, -0.1) is 0 Å². The molecule has 1 aliphatic heterocycles. The van der Waals surface area contributed by atoms with Crippen molar-refractivity contribution in [3.63, 3.8) is 0 Å². The number of rotatable bonds is 4. The highest BCUT2D eigenvalue weighted by molar-refractivity contribution is 9.10. The molecule has 0 saturated heterocycles. The molecule has 23 heavy (non-hydrogen) atoms. The van der Waals surface area contributed by atoms with Crippen LogP contribution in [0.5, 0.6) is 11.5 Å². The third kappa shape index (κ3) is 2.90. The summed E-state index contributed by atoms with van der Waals surface area (Å²) in [6.45, 7) is 0.221. The molecule has 7 heteroatoms. The van der Waals surface area contributed by atoms with E-state index < -0.39 is 10.0 Å². The largest absolute Gasteiger partial charge is 0.497 e. The van der Waals surface area contributed by atoms with Crippen LogP contribution in [0.4, 0.5) is 5.69 Å². The van der Waals surface area contributed by atoms with Crippen molar-refractivity contribution in [1.29, 1.82) is 0 Å². The minimum Gasteiger partial charge on any atom is -0.497 e. The number of sulfonamides is 1. The van der Waals surface area contributed by atoms with Crippen molar-refractivity contribution in [1.82, 2.24) is 0 Å². The van der Waals surface area contributed by atoms with Gasteiger partial charge in [-0.2, -0.15) is 0 Å². The Morgan fingerprint density at radius 3 is 2.65 bits per heavy atom. The maximum absolute atomic E-state index is 12.5. The topological polar surface area (TPSA) is 55.8 Å². The third-order valence-electron chi connectivity index (χ3n) is 3.83. The molecule has 0 N–H and O–H groups in total. The molecule has 0 fully saturated rings. The monoisotopic (exact) mass is 397 g/mol. The summed E-state index contributed by atoms with van der Waals surface area (Å²) in [7, 11) is -0.258. The van der Waals surface area contributed by atoms with Crippen LogP contribution in [0.25, 0.3) is 0 Å². The fourth-order valence-corrected chi connectivity index (χ4v) is 4.97. The van der Waals surface area contributed by atoms with Gasteiger partial charge in [-0.3, -0.25) is 4.31 Å². The molecule has 3 rings (SSSR count). The predicted octanol–water partition coefficient (Wildman–Crippen LogP) is 3.32. The van der Waals surface area contributed by atoms with Gasteiger partial charge in [0.15, 0.2) is 0 Å². The molecule has 2 aromatic rings. The van der Waals surface area contributed by atoms with E-state index in [-0.39, 0.29) is 12.3 Å². The molecule has 0 bridgehead atoms. The number of hydrogen-bond donors (Lipinski definition) is 0. The van der Waals surface area contributed by atoms with Crippen LogP contribution >= 0.6 is 15.9 Å². The second-order valence-corrected chi connectivity index (χ2v) is 7.93. The van der Waals surface area contributed by atoms with Gasteiger partial charge in [0.2, 0.25) is 10.0 Å². The van der Waals surface area contributed by atoms with Gasteiger partial charge >= 0.3 is 0 Å². The zero-order valence-corrected chi connectivity index (χ0v) is 15.1. The number of benzene rings is 2. The Hall–Kier alpha value is -1.73. The Balaban J connectivity index is 2.02. The molecule has 0 aromatic heterocycles. The molecule has 0 unspecified atom stereocenters. The van der Waals surface area contributed by atoms with E-state index in [9.17, 15) is 8.42 Å². The molecule has 0 saturated carbocycles. The quantitative estimate of drug-likeness (QED) is 0.793. The van der Waals surface area contributed by atoms with E-state index in [1.165, 1.54) is 4.31 Å². The minimum absolute atomic E-state index is 0.00221. The highest BCUT2D eigenvalue weighted by Crippen LogP contribution is 2.40. The average Bonchev–Trinajstić information content (AvgIpc) is 2.80. The average molecular weight is 398 g/mol. The maximum Gasteiger partial charge on any atom is 0.239 e. The summed E-state index contributed by atoms with van der Waals surface area (Å²) >= 11 is 3.43. The molecule has 122 valence electrons. The van der Waals surface area contributed by atoms with Crippen LogP contribution in [0, 0.1) is 0 Å². The fourth-order valence-electron chi connectivity index (χ4n) is 2.65. The number of methoxy groups -OCH3 is 2. The lowest BCUT2D eigenvalue weighted by molar-refractivity contribution is 0.391. The van der Waals surface area contributed by atoms with Gasteiger partial charge in [-0.05, 0) is 24.3 Å². The molecular weight excluding hydrogens is 382 g/mol. The lowest BCUT2D eigenvalue weighted by Crippen LogP contribution is -2.26. The number of halogens is 1. The van der Waals surface area contributed by atoms with Gasteiger partial charge in [0.05, 0.1) is 32.2 Å². The van der Waals surface area contributed by atoms with Crippen LogP contribution in [0.2, 0.25) is 0 Å². The Labute approximate surface area is 144 Å². The summed E-state index contributed by atoms with van der Waals surface area (Å²) in [6, 6.07) is 10.9.